The van der Waals surface area contributed by atoms with Gasteiger partial charge in [0, 0.05) is 12.1 Å². The third-order valence-electron chi connectivity index (χ3n) is 1.58. The quantitative estimate of drug-likeness (QED) is 0.599. The van der Waals surface area contributed by atoms with Crippen molar-refractivity contribution in [2.45, 2.75) is 6.92 Å². The summed E-state index contributed by atoms with van der Waals surface area (Å²) in [5, 5.41) is 8.70. The smallest absolute Gasteiger partial charge is 0.147 e. The van der Waals surface area contributed by atoms with Gasteiger partial charge in [0.1, 0.15) is 10.5 Å². The van der Waals surface area contributed by atoms with E-state index in [4.69, 9.17) is 5.84 Å². The van der Waals surface area contributed by atoms with Crippen LogP contribution in [0, 0.1) is 0 Å². The van der Waals surface area contributed by atoms with Crippen LogP contribution in [0.5, 0.6) is 0 Å². The Hall–Kier alpha value is -1.30. The van der Waals surface area contributed by atoms with Crippen LogP contribution in [0.4, 0.5) is 0 Å². The van der Waals surface area contributed by atoms with E-state index in [0.29, 0.717) is 0 Å². The average Bonchev–Trinajstić information content (AvgIpc) is 2.84. The molecule has 2 rings (SSSR count). The number of hydrazine groups is 1. The molecule has 0 aliphatic heterocycles. The number of nitrogens with one attached hydrogen (secondary N) is 1. The number of aromatic nitrogens is 2. The summed E-state index contributed by atoms with van der Waals surface area (Å²) in [6.45, 7) is 2.79. The SMILES string of the molecule is CCNN.c1ccc(-c2nncs2)cc1. The molecular formula is C10H14N4S. The maximum atomic E-state index is 4.78. The molecule has 1 aromatic heterocycles. The van der Waals surface area contributed by atoms with Crippen LogP contribution in [-0.2, 0) is 0 Å². The second kappa shape index (κ2) is 7.05. The van der Waals surface area contributed by atoms with Crippen molar-refractivity contribution in [2.24, 2.45) is 5.84 Å². The number of hydrogen-bond acceptors (Lipinski definition) is 5. The Labute approximate surface area is 93.1 Å². The van der Waals surface area contributed by atoms with Crippen molar-refractivity contribution >= 4 is 11.3 Å². The number of hydrogen-bond donors (Lipinski definition) is 2. The molecule has 0 aliphatic rings. The first kappa shape index (κ1) is 11.8. The van der Waals surface area contributed by atoms with E-state index in [1.807, 2.05) is 37.3 Å². The molecule has 0 aliphatic carbocycles. The van der Waals surface area contributed by atoms with Crippen LogP contribution in [0.3, 0.4) is 0 Å². The molecule has 0 atom stereocenters. The van der Waals surface area contributed by atoms with Crippen molar-refractivity contribution < 1.29 is 0 Å². The van der Waals surface area contributed by atoms with E-state index in [1.165, 1.54) is 0 Å². The molecule has 4 nitrogen and oxygen atoms in total. The fourth-order valence-corrected chi connectivity index (χ4v) is 1.44. The van der Waals surface area contributed by atoms with Crippen LogP contribution in [-0.4, -0.2) is 16.7 Å². The highest BCUT2D eigenvalue weighted by Gasteiger charge is 1.97. The Kier molecular flexibility index (Phi) is 5.54. The van der Waals surface area contributed by atoms with Crippen LogP contribution in [0.2, 0.25) is 0 Å². The Morgan fingerprint density at radius 2 is 2.00 bits per heavy atom. The largest absolute Gasteiger partial charge is 0.271 e. The molecule has 0 saturated carbocycles. The molecule has 0 spiro atoms. The van der Waals surface area contributed by atoms with E-state index in [2.05, 4.69) is 15.6 Å². The summed E-state index contributed by atoms with van der Waals surface area (Å²) in [5.41, 5.74) is 5.30. The second-order valence-corrected chi connectivity index (χ2v) is 3.50. The van der Waals surface area contributed by atoms with Gasteiger partial charge in [0.05, 0.1) is 0 Å². The lowest BCUT2D eigenvalue weighted by Crippen LogP contribution is -2.20. The monoisotopic (exact) mass is 222 g/mol. The highest BCUT2D eigenvalue weighted by atomic mass is 32.1. The van der Waals surface area contributed by atoms with Gasteiger partial charge in [-0.3, -0.25) is 11.3 Å². The molecule has 0 unspecified atom stereocenters. The molecule has 0 radical (unpaired) electrons. The molecule has 0 fully saturated rings. The van der Waals surface area contributed by atoms with Gasteiger partial charge in [-0.25, -0.2) is 0 Å². The van der Waals surface area contributed by atoms with Crippen LogP contribution in [0.1, 0.15) is 6.92 Å². The van der Waals surface area contributed by atoms with Gasteiger partial charge in [-0.15, -0.1) is 10.2 Å². The Morgan fingerprint density at radius 3 is 2.47 bits per heavy atom. The minimum atomic E-state index is 0.847. The van der Waals surface area contributed by atoms with Gasteiger partial charge in [0.25, 0.3) is 0 Å². The van der Waals surface area contributed by atoms with Gasteiger partial charge in [-0.1, -0.05) is 48.6 Å². The summed E-state index contributed by atoms with van der Waals surface area (Å²) in [5.74, 6) is 4.78. The Bertz CT molecular complexity index is 345. The summed E-state index contributed by atoms with van der Waals surface area (Å²) >= 11 is 1.55. The van der Waals surface area contributed by atoms with Crippen LogP contribution in [0.25, 0.3) is 10.6 Å². The van der Waals surface area contributed by atoms with Gasteiger partial charge < -0.3 is 0 Å². The van der Waals surface area contributed by atoms with E-state index in [-0.39, 0.29) is 0 Å². The predicted molar refractivity (Wildman–Crippen MR) is 63.2 cm³/mol. The third kappa shape index (κ3) is 4.16. The van der Waals surface area contributed by atoms with Crippen LogP contribution >= 0.6 is 11.3 Å². The molecule has 0 saturated heterocycles. The summed E-state index contributed by atoms with van der Waals surface area (Å²) in [6.07, 6.45) is 0. The van der Waals surface area contributed by atoms with E-state index in [1.54, 1.807) is 16.8 Å². The normalized spacial score (nSPS) is 9.20. The fourth-order valence-electron chi connectivity index (χ4n) is 0.880. The first-order chi connectivity index (χ1) is 7.38. The minimum absolute atomic E-state index is 0.847. The van der Waals surface area contributed by atoms with Crippen molar-refractivity contribution in [3.63, 3.8) is 0 Å². The van der Waals surface area contributed by atoms with E-state index >= 15 is 0 Å². The zero-order valence-corrected chi connectivity index (χ0v) is 9.37. The first-order valence-electron chi connectivity index (χ1n) is 4.63. The highest BCUT2D eigenvalue weighted by molar-refractivity contribution is 7.12. The minimum Gasteiger partial charge on any atom is -0.271 e. The highest BCUT2D eigenvalue weighted by Crippen LogP contribution is 2.18. The predicted octanol–water partition coefficient (Wildman–Crippen LogP) is 1.67. The number of nitrogens with two attached hydrogens (primary N) is 1. The first-order valence-corrected chi connectivity index (χ1v) is 5.51. The van der Waals surface area contributed by atoms with Crippen molar-refractivity contribution in [3.8, 4) is 10.6 Å². The molecule has 3 N–H and O–H groups in total. The molecule has 1 heterocycles. The van der Waals surface area contributed by atoms with E-state index < -0.39 is 0 Å². The van der Waals surface area contributed by atoms with Gasteiger partial charge in [-0.2, -0.15) is 0 Å². The fraction of sp³-hybridized carbons (Fsp3) is 0.200. The summed E-state index contributed by atoms with van der Waals surface area (Å²) in [6, 6.07) is 10.0. The topological polar surface area (TPSA) is 63.8 Å². The molecule has 15 heavy (non-hydrogen) atoms. The zero-order valence-electron chi connectivity index (χ0n) is 8.55. The van der Waals surface area contributed by atoms with E-state index in [0.717, 1.165) is 17.1 Å². The molecule has 1 aromatic carbocycles. The Morgan fingerprint density at radius 1 is 1.33 bits per heavy atom. The van der Waals surface area contributed by atoms with Crippen molar-refractivity contribution in [2.75, 3.05) is 6.54 Å². The molecule has 80 valence electrons. The van der Waals surface area contributed by atoms with E-state index in [9.17, 15) is 0 Å². The number of nitrogens with zero attached hydrogens (tertiary/aromatic N) is 2. The lowest BCUT2D eigenvalue weighted by molar-refractivity contribution is 0.781. The summed E-state index contributed by atoms with van der Waals surface area (Å²) in [7, 11) is 0. The number of benzene rings is 1. The average molecular weight is 222 g/mol. The maximum Gasteiger partial charge on any atom is 0.147 e. The van der Waals surface area contributed by atoms with Gasteiger partial charge in [0.2, 0.25) is 0 Å². The van der Waals surface area contributed by atoms with Gasteiger partial charge in [0.15, 0.2) is 0 Å². The molecule has 2 aromatic rings. The van der Waals surface area contributed by atoms with Crippen molar-refractivity contribution in [1.82, 2.24) is 15.6 Å². The van der Waals surface area contributed by atoms with Gasteiger partial charge >= 0.3 is 0 Å². The molecule has 5 heteroatoms. The maximum absolute atomic E-state index is 4.78. The summed E-state index contributed by atoms with van der Waals surface area (Å²) < 4.78 is 0. The van der Waals surface area contributed by atoms with Crippen molar-refractivity contribution in [1.29, 1.82) is 0 Å². The molecule has 0 amide bonds. The van der Waals surface area contributed by atoms with Crippen LogP contribution in [0.15, 0.2) is 35.8 Å². The van der Waals surface area contributed by atoms with Gasteiger partial charge in [-0.05, 0) is 0 Å². The lowest BCUT2D eigenvalue weighted by atomic mass is 10.2. The Balaban J connectivity index is 0.000000245. The van der Waals surface area contributed by atoms with Crippen LogP contribution < -0.4 is 11.3 Å². The number of rotatable bonds is 2. The van der Waals surface area contributed by atoms with Crippen molar-refractivity contribution in [3.05, 3.63) is 35.8 Å². The standard InChI is InChI=1S/C8H6N2S.C2H8N2/c1-2-4-7(5-3-1)8-10-9-6-11-8;1-2-4-3/h1-6H;4H,2-3H2,1H3. The molecular weight excluding hydrogens is 208 g/mol. The third-order valence-corrected chi connectivity index (χ3v) is 2.33. The zero-order chi connectivity index (χ0) is 10.9. The lowest BCUT2D eigenvalue weighted by Gasteiger charge is -1.90. The molecule has 0 bridgehead atoms. The summed E-state index contributed by atoms with van der Waals surface area (Å²) in [4.78, 5) is 0. The second-order valence-electron chi connectivity index (χ2n) is 2.67.